The van der Waals surface area contributed by atoms with Gasteiger partial charge in [0, 0.05) is 16.3 Å². The molecule has 1 unspecified atom stereocenters. The molecular weight excluding hydrogens is 299 g/mol. The van der Waals surface area contributed by atoms with Crippen LogP contribution in [0.4, 0.5) is 18.9 Å². The van der Waals surface area contributed by atoms with Gasteiger partial charge in [-0.05, 0) is 36.4 Å². The van der Waals surface area contributed by atoms with Crippen LogP contribution < -0.4 is 5.32 Å². The third kappa shape index (κ3) is 4.73. The van der Waals surface area contributed by atoms with Crippen molar-refractivity contribution >= 4 is 17.3 Å². The van der Waals surface area contributed by atoms with Crippen LogP contribution in [0, 0.1) is 11.8 Å². The van der Waals surface area contributed by atoms with Crippen LogP contribution in [0.3, 0.4) is 0 Å². The molecule has 1 atom stereocenters. The maximum Gasteiger partial charge on any atom is 0.420 e. The summed E-state index contributed by atoms with van der Waals surface area (Å²) in [6.45, 7) is 0. The molecule has 0 radical (unpaired) electrons. The van der Waals surface area contributed by atoms with Crippen molar-refractivity contribution in [1.29, 1.82) is 0 Å². The Morgan fingerprint density at radius 3 is 2.14 bits per heavy atom. The number of anilines is 1. The minimum Gasteiger partial charge on any atom is -0.364 e. The van der Waals surface area contributed by atoms with Gasteiger partial charge in [-0.1, -0.05) is 41.6 Å². The summed E-state index contributed by atoms with van der Waals surface area (Å²) in [7, 11) is 0. The Labute approximate surface area is 125 Å². The zero-order valence-electron chi connectivity index (χ0n) is 10.8. The van der Waals surface area contributed by atoms with E-state index in [4.69, 9.17) is 11.6 Å². The fourth-order valence-electron chi connectivity index (χ4n) is 1.59. The van der Waals surface area contributed by atoms with Crippen molar-refractivity contribution in [3.8, 4) is 11.8 Å². The lowest BCUT2D eigenvalue weighted by Gasteiger charge is -2.17. The first-order valence-corrected chi connectivity index (χ1v) is 6.48. The summed E-state index contributed by atoms with van der Waals surface area (Å²) in [4.78, 5) is 0. The number of hydrogen-bond acceptors (Lipinski definition) is 1. The van der Waals surface area contributed by atoms with E-state index in [-0.39, 0.29) is 0 Å². The maximum atomic E-state index is 13.0. The Morgan fingerprint density at radius 2 is 1.57 bits per heavy atom. The zero-order valence-corrected chi connectivity index (χ0v) is 11.5. The molecule has 0 saturated heterocycles. The van der Waals surface area contributed by atoms with E-state index in [2.05, 4.69) is 17.2 Å². The minimum atomic E-state index is -4.47. The molecule has 0 amide bonds. The van der Waals surface area contributed by atoms with Gasteiger partial charge in [-0.3, -0.25) is 0 Å². The maximum absolute atomic E-state index is 13.0. The summed E-state index contributed by atoms with van der Waals surface area (Å²) in [6, 6.07) is 12.6. The summed E-state index contributed by atoms with van der Waals surface area (Å²) in [6.07, 6.45) is -4.47. The quantitative estimate of drug-likeness (QED) is 0.790. The predicted octanol–water partition coefficient (Wildman–Crippen LogP) is 4.73. The van der Waals surface area contributed by atoms with Crippen molar-refractivity contribution in [3.05, 3.63) is 65.2 Å². The van der Waals surface area contributed by atoms with Crippen molar-refractivity contribution in [2.45, 2.75) is 12.2 Å². The highest BCUT2D eigenvalue weighted by Crippen LogP contribution is 2.24. The highest BCUT2D eigenvalue weighted by molar-refractivity contribution is 6.30. The van der Waals surface area contributed by atoms with Gasteiger partial charge < -0.3 is 5.32 Å². The predicted molar refractivity (Wildman–Crippen MR) is 78.2 cm³/mol. The molecule has 0 aliphatic carbocycles. The zero-order chi connectivity index (χ0) is 15.3. The van der Waals surface area contributed by atoms with Gasteiger partial charge in [0.05, 0.1) is 0 Å². The molecule has 1 nitrogen and oxygen atoms in total. The smallest absolute Gasteiger partial charge is 0.364 e. The number of alkyl halides is 3. The fourth-order valence-corrected chi connectivity index (χ4v) is 1.72. The Bertz CT molecular complexity index is 639. The number of rotatable bonds is 2. The summed E-state index contributed by atoms with van der Waals surface area (Å²) < 4.78 is 39.0. The largest absolute Gasteiger partial charge is 0.420 e. The van der Waals surface area contributed by atoms with Crippen LogP contribution in [0.5, 0.6) is 0 Å². The summed E-state index contributed by atoms with van der Waals surface area (Å²) in [5, 5.41) is 2.82. The van der Waals surface area contributed by atoms with Crippen LogP contribution in [-0.4, -0.2) is 12.2 Å². The normalized spacial score (nSPS) is 12.2. The van der Waals surface area contributed by atoms with E-state index < -0.39 is 12.2 Å². The first-order chi connectivity index (χ1) is 9.95. The van der Waals surface area contributed by atoms with E-state index in [1.165, 1.54) is 24.3 Å². The highest BCUT2D eigenvalue weighted by atomic mass is 35.5. The third-order valence-corrected chi connectivity index (χ3v) is 2.87. The molecule has 108 valence electrons. The molecule has 0 aliphatic heterocycles. The highest BCUT2D eigenvalue weighted by Gasteiger charge is 2.38. The van der Waals surface area contributed by atoms with E-state index in [1.54, 1.807) is 30.3 Å². The Kier molecular flexibility index (Phi) is 4.77. The molecule has 2 aromatic rings. The average Bonchev–Trinajstić information content (AvgIpc) is 2.45. The monoisotopic (exact) mass is 309 g/mol. The van der Waals surface area contributed by atoms with Crippen molar-refractivity contribution in [2.75, 3.05) is 5.32 Å². The molecule has 21 heavy (non-hydrogen) atoms. The van der Waals surface area contributed by atoms with Gasteiger partial charge in [-0.15, -0.1) is 0 Å². The van der Waals surface area contributed by atoms with Crippen LogP contribution in [0.1, 0.15) is 5.56 Å². The molecule has 0 heterocycles. The van der Waals surface area contributed by atoms with Crippen molar-refractivity contribution in [3.63, 3.8) is 0 Å². The second kappa shape index (κ2) is 6.55. The fraction of sp³-hybridized carbons (Fsp3) is 0.125. The van der Waals surface area contributed by atoms with Crippen LogP contribution >= 0.6 is 11.6 Å². The number of halogens is 4. The first-order valence-electron chi connectivity index (χ1n) is 6.10. The van der Waals surface area contributed by atoms with Crippen LogP contribution in [-0.2, 0) is 0 Å². The summed E-state index contributed by atoms with van der Waals surface area (Å²) in [5.74, 6) is 4.74. The minimum absolute atomic E-state index is 0.309. The molecular formula is C16H11ClF3N. The van der Waals surface area contributed by atoms with E-state index in [1.807, 2.05) is 0 Å². The van der Waals surface area contributed by atoms with Gasteiger partial charge in [0.25, 0.3) is 0 Å². The van der Waals surface area contributed by atoms with Gasteiger partial charge in [0.1, 0.15) is 0 Å². The third-order valence-electron chi connectivity index (χ3n) is 2.62. The van der Waals surface area contributed by atoms with Crippen LogP contribution in [0.15, 0.2) is 54.6 Å². The summed E-state index contributed by atoms with van der Waals surface area (Å²) in [5.41, 5.74) is 0.841. The van der Waals surface area contributed by atoms with Crippen LogP contribution in [0.25, 0.3) is 0 Å². The van der Waals surface area contributed by atoms with Crippen LogP contribution in [0.2, 0.25) is 5.02 Å². The second-order valence-corrected chi connectivity index (χ2v) is 4.70. The number of benzene rings is 2. The Morgan fingerprint density at radius 1 is 0.952 bits per heavy atom. The molecule has 0 aromatic heterocycles. The van der Waals surface area contributed by atoms with E-state index >= 15 is 0 Å². The molecule has 0 saturated carbocycles. The Balaban J connectivity index is 2.20. The first kappa shape index (κ1) is 15.3. The summed E-state index contributed by atoms with van der Waals surface area (Å²) >= 11 is 5.70. The SMILES string of the molecule is FC(F)(F)C(C#Cc1ccccc1)Nc1ccc(Cl)cc1. The Hall–Kier alpha value is -2.12. The molecule has 0 aliphatic rings. The van der Waals surface area contributed by atoms with Gasteiger partial charge in [-0.2, -0.15) is 13.2 Å². The molecule has 1 N–H and O–H groups in total. The van der Waals surface area contributed by atoms with Crippen molar-refractivity contribution < 1.29 is 13.2 Å². The molecule has 2 aromatic carbocycles. The lowest BCUT2D eigenvalue weighted by atomic mass is 10.2. The van der Waals surface area contributed by atoms with Crippen molar-refractivity contribution in [1.82, 2.24) is 0 Å². The van der Waals surface area contributed by atoms with E-state index in [0.29, 0.717) is 16.3 Å². The van der Waals surface area contributed by atoms with Gasteiger partial charge in [0.2, 0.25) is 0 Å². The van der Waals surface area contributed by atoms with E-state index in [9.17, 15) is 13.2 Å². The number of nitrogens with one attached hydrogen (secondary N) is 1. The number of hydrogen-bond donors (Lipinski definition) is 1. The van der Waals surface area contributed by atoms with Gasteiger partial charge in [-0.25, -0.2) is 0 Å². The molecule has 5 heteroatoms. The lowest BCUT2D eigenvalue weighted by Crippen LogP contribution is -2.34. The van der Waals surface area contributed by atoms with E-state index in [0.717, 1.165) is 0 Å². The molecule has 0 bridgehead atoms. The standard InChI is InChI=1S/C16H11ClF3N/c17-13-7-9-14(10-8-13)21-15(16(18,19)20)11-6-12-4-2-1-3-5-12/h1-5,7-10,15,21H. The molecule has 0 fully saturated rings. The van der Waals surface area contributed by atoms with Gasteiger partial charge in [0.15, 0.2) is 6.04 Å². The molecule has 0 spiro atoms. The second-order valence-electron chi connectivity index (χ2n) is 4.26. The lowest BCUT2D eigenvalue weighted by molar-refractivity contribution is -0.130. The average molecular weight is 310 g/mol. The molecule has 2 rings (SSSR count). The van der Waals surface area contributed by atoms with Crippen molar-refractivity contribution in [2.24, 2.45) is 0 Å². The topological polar surface area (TPSA) is 12.0 Å². The van der Waals surface area contributed by atoms with Gasteiger partial charge >= 0.3 is 6.18 Å².